The molecule has 0 unspecified atom stereocenters. The van der Waals surface area contributed by atoms with E-state index in [0.29, 0.717) is 45.2 Å². The van der Waals surface area contributed by atoms with Gasteiger partial charge in [0.15, 0.2) is 0 Å². The summed E-state index contributed by atoms with van der Waals surface area (Å²) in [4.78, 5) is 76.8. The predicted octanol–water partition coefficient (Wildman–Crippen LogP) is -0.871. The fourth-order valence-electron chi connectivity index (χ4n) is 4.83. The molecule has 212 valence electrons. The zero-order valence-corrected chi connectivity index (χ0v) is 21.9. The number of nitrogens with zero attached hydrogens (tertiary/aromatic N) is 2. The Labute approximate surface area is 225 Å². The van der Waals surface area contributed by atoms with Gasteiger partial charge in [0.05, 0.1) is 6.54 Å². The summed E-state index contributed by atoms with van der Waals surface area (Å²) in [5, 5.41) is 25.1. The number of hydrogen-bond donors (Lipinski definition) is 5. The second kappa shape index (κ2) is 13.6. The van der Waals surface area contributed by atoms with Gasteiger partial charge in [-0.2, -0.15) is 0 Å². The van der Waals surface area contributed by atoms with Crippen molar-refractivity contribution < 1.29 is 39.0 Å². The van der Waals surface area contributed by atoms with Crippen LogP contribution in [-0.2, 0) is 35.2 Å². The number of carboxylic acids is 1. The molecular formula is C26H35N5O8. The first-order valence-corrected chi connectivity index (χ1v) is 13.0. The SMILES string of the molecule is C[C@H](NC(=O)CNC(=O)[C@@H]1CCCN1C(=O)[C@@H]1CCCN1C(=O)CCc1ccc(O)cc1)C(=O)NCC(=O)O. The van der Waals surface area contributed by atoms with Crippen molar-refractivity contribution in [2.24, 2.45) is 0 Å². The molecule has 5 N–H and O–H groups in total. The van der Waals surface area contributed by atoms with Gasteiger partial charge in [-0.3, -0.25) is 28.8 Å². The number of amides is 5. The van der Waals surface area contributed by atoms with Crippen LogP contribution in [0, 0.1) is 0 Å². The van der Waals surface area contributed by atoms with E-state index in [0.717, 1.165) is 5.56 Å². The van der Waals surface area contributed by atoms with Crippen molar-refractivity contribution >= 4 is 35.5 Å². The molecule has 2 heterocycles. The van der Waals surface area contributed by atoms with Crippen LogP contribution >= 0.6 is 0 Å². The van der Waals surface area contributed by atoms with Crippen molar-refractivity contribution in [1.82, 2.24) is 25.8 Å². The third-order valence-electron chi connectivity index (χ3n) is 6.87. The molecule has 1 aromatic carbocycles. The summed E-state index contributed by atoms with van der Waals surface area (Å²) in [5.41, 5.74) is 0.902. The molecule has 13 heteroatoms. The molecule has 0 saturated carbocycles. The summed E-state index contributed by atoms with van der Waals surface area (Å²) >= 11 is 0. The maximum Gasteiger partial charge on any atom is 0.322 e. The maximum absolute atomic E-state index is 13.4. The topological polar surface area (TPSA) is 185 Å². The number of carboxylic acid groups (broad SMARTS) is 1. The molecule has 2 fully saturated rings. The molecule has 2 aliphatic rings. The van der Waals surface area contributed by atoms with Crippen LogP contribution in [0.2, 0.25) is 0 Å². The predicted molar refractivity (Wildman–Crippen MR) is 137 cm³/mol. The number of aliphatic carboxylic acids is 1. The van der Waals surface area contributed by atoms with Gasteiger partial charge in [-0.1, -0.05) is 12.1 Å². The Bertz CT molecular complexity index is 1090. The minimum atomic E-state index is -1.22. The van der Waals surface area contributed by atoms with Gasteiger partial charge in [0, 0.05) is 19.5 Å². The maximum atomic E-state index is 13.4. The van der Waals surface area contributed by atoms with Crippen LogP contribution in [0.5, 0.6) is 5.75 Å². The van der Waals surface area contributed by atoms with Crippen LogP contribution in [0.25, 0.3) is 0 Å². The van der Waals surface area contributed by atoms with Gasteiger partial charge in [-0.25, -0.2) is 0 Å². The van der Waals surface area contributed by atoms with Crippen molar-refractivity contribution in [3.8, 4) is 5.75 Å². The third-order valence-corrected chi connectivity index (χ3v) is 6.87. The lowest BCUT2D eigenvalue weighted by Gasteiger charge is -2.31. The van der Waals surface area contributed by atoms with E-state index in [2.05, 4.69) is 16.0 Å². The van der Waals surface area contributed by atoms with Crippen molar-refractivity contribution in [3.63, 3.8) is 0 Å². The molecule has 3 rings (SSSR count). The number of phenols is 1. The van der Waals surface area contributed by atoms with Crippen molar-refractivity contribution in [3.05, 3.63) is 29.8 Å². The van der Waals surface area contributed by atoms with E-state index in [9.17, 15) is 33.9 Å². The van der Waals surface area contributed by atoms with Crippen LogP contribution in [0.3, 0.4) is 0 Å². The Hall–Kier alpha value is -4.16. The molecular weight excluding hydrogens is 510 g/mol. The lowest BCUT2D eigenvalue weighted by atomic mass is 10.1. The quantitative estimate of drug-likeness (QED) is 0.237. The monoisotopic (exact) mass is 545 g/mol. The van der Waals surface area contributed by atoms with Gasteiger partial charge >= 0.3 is 5.97 Å². The molecule has 0 radical (unpaired) electrons. The van der Waals surface area contributed by atoms with E-state index < -0.39 is 54.9 Å². The molecule has 2 aliphatic heterocycles. The zero-order chi connectivity index (χ0) is 28.5. The van der Waals surface area contributed by atoms with E-state index in [1.165, 1.54) is 11.8 Å². The minimum Gasteiger partial charge on any atom is -0.508 e. The Kier molecular flexibility index (Phi) is 10.2. The Morgan fingerprint density at radius 2 is 1.56 bits per heavy atom. The first-order chi connectivity index (χ1) is 18.6. The van der Waals surface area contributed by atoms with E-state index in [4.69, 9.17) is 5.11 Å². The number of phenolic OH excluding ortho intramolecular Hbond substituents is 1. The first kappa shape index (κ1) is 29.4. The van der Waals surface area contributed by atoms with Gasteiger partial charge in [0.25, 0.3) is 0 Å². The number of carbonyl (C=O) groups is 6. The lowest BCUT2D eigenvalue weighted by Crippen LogP contribution is -2.54. The van der Waals surface area contributed by atoms with Crippen LogP contribution in [0.15, 0.2) is 24.3 Å². The fourth-order valence-corrected chi connectivity index (χ4v) is 4.83. The highest BCUT2D eigenvalue weighted by Crippen LogP contribution is 2.26. The number of aromatic hydroxyl groups is 1. The average Bonchev–Trinajstić information content (AvgIpc) is 3.60. The van der Waals surface area contributed by atoms with Crippen LogP contribution in [-0.4, -0.2) is 99.8 Å². The standard InChI is InChI=1S/C26H35N5O8/c1-16(24(37)28-15-23(35)36)29-21(33)14-27-25(38)19-4-2-13-31(19)26(39)20-5-3-12-30(20)22(34)11-8-17-6-9-18(32)10-7-17/h6-7,9-10,16,19-20,32H,2-5,8,11-15H2,1H3,(H,27,38)(H,28,37)(H,29,33)(H,35,36)/t16-,19-,20-/m0/s1. The lowest BCUT2D eigenvalue weighted by molar-refractivity contribution is -0.146. The summed E-state index contributed by atoms with van der Waals surface area (Å²) in [6.45, 7) is 1.22. The highest BCUT2D eigenvalue weighted by Gasteiger charge is 2.42. The third kappa shape index (κ3) is 8.16. The largest absolute Gasteiger partial charge is 0.508 e. The van der Waals surface area contributed by atoms with Crippen LogP contribution in [0.4, 0.5) is 0 Å². The fraction of sp³-hybridized carbons (Fsp3) is 0.538. The molecule has 3 atom stereocenters. The number of aryl methyl sites for hydroxylation is 1. The van der Waals surface area contributed by atoms with Gasteiger partial charge in [0.1, 0.15) is 30.4 Å². The summed E-state index contributed by atoms with van der Waals surface area (Å²) < 4.78 is 0. The van der Waals surface area contributed by atoms with Gasteiger partial charge in [0.2, 0.25) is 29.5 Å². The number of likely N-dealkylation sites (tertiary alicyclic amines) is 2. The Morgan fingerprint density at radius 1 is 0.923 bits per heavy atom. The average molecular weight is 546 g/mol. The summed E-state index contributed by atoms with van der Waals surface area (Å²) in [5.74, 6) is -3.31. The number of rotatable bonds is 11. The smallest absolute Gasteiger partial charge is 0.322 e. The second-order valence-electron chi connectivity index (χ2n) is 9.72. The molecule has 1 aromatic rings. The number of carbonyl (C=O) groups excluding carboxylic acids is 5. The number of benzene rings is 1. The van der Waals surface area contributed by atoms with Gasteiger partial charge < -0.3 is 36.0 Å². The molecule has 0 spiro atoms. The molecule has 0 aromatic heterocycles. The minimum absolute atomic E-state index is 0.141. The van der Waals surface area contributed by atoms with Gasteiger partial charge in [-0.05, 0) is 56.7 Å². The highest BCUT2D eigenvalue weighted by molar-refractivity contribution is 5.95. The molecule has 2 saturated heterocycles. The molecule has 0 bridgehead atoms. The van der Waals surface area contributed by atoms with Crippen LogP contribution in [0.1, 0.15) is 44.6 Å². The first-order valence-electron chi connectivity index (χ1n) is 13.0. The van der Waals surface area contributed by atoms with Crippen molar-refractivity contribution in [1.29, 1.82) is 0 Å². The van der Waals surface area contributed by atoms with Crippen molar-refractivity contribution in [2.45, 2.75) is 63.6 Å². The molecule has 39 heavy (non-hydrogen) atoms. The van der Waals surface area contributed by atoms with E-state index in [-0.39, 0.29) is 24.0 Å². The number of nitrogens with one attached hydrogen (secondary N) is 3. The summed E-state index contributed by atoms with van der Waals surface area (Å²) in [6.07, 6.45) is 2.93. The second-order valence-corrected chi connectivity index (χ2v) is 9.72. The van der Waals surface area contributed by atoms with Gasteiger partial charge in [-0.15, -0.1) is 0 Å². The molecule has 13 nitrogen and oxygen atoms in total. The normalized spacial score (nSPS) is 19.3. The Balaban J connectivity index is 1.50. The molecule has 5 amide bonds. The van der Waals surface area contributed by atoms with Crippen LogP contribution < -0.4 is 16.0 Å². The number of hydrogen-bond acceptors (Lipinski definition) is 7. The highest BCUT2D eigenvalue weighted by atomic mass is 16.4. The summed E-state index contributed by atoms with van der Waals surface area (Å²) in [7, 11) is 0. The van der Waals surface area contributed by atoms with E-state index >= 15 is 0 Å². The summed E-state index contributed by atoms with van der Waals surface area (Å²) in [6, 6.07) is 4.21. The molecule has 0 aliphatic carbocycles. The van der Waals surface area contributed by atoms with Crippen molar-refractivity contribution in [2.75, 3.05) is 26.2 Å². The van der Waals surface area contributed by atoms with E-state index in [1.54, 1.807) is 29.2 Å². The Morgan fingerprint density at radius 3 is 2.23 bits per heavy atom. The van der Waals surface area contributed by atoms with E-state index in [1.807, 2.05) is 0 Å². The zero-order valence-electron chi connectivity index (χ0n) is 21.9.